The van der Waals surface area contributed by atoms with E-state index in [0.29, 0.717) is 40.3 Å². The number of aromatic nitrogens is 1. The number of carbonyl (C=O) groups is 2. The molecule has 2 aromatic rings. The number of carbonyl (C=O) groups excluding carboxylic acids is 2. The van der Waals surface area contributed by atoms with Gasteiger partial charge in [0.1, 0.15) is 0 Å². The van der Waals surface area contributed by atoms with Gasteiger partial charge in [-0.3, -0.25) is 14.9 Å². The Morgan fingerprint density at radius 2 is 1.93 bits per heavy atom. The second-order valence-electron chi connectivity index (χ2n) is 7.08. The lowest BCUT2D eigenvalue weighted by Gasteiger charge is -2.30. The molecule has 28 heavy (non-hydrogen) atoms. The van der Waals surface area contributed by atoms with Crippen LogP contribution < -0.4 is 5.32 Å². The topological polar surface area (TPSA) is 96.4 Å². The number of nitrogens with one attached hydrogen (secondary N) is 1. The van der Waals surface area contributed by atoms with Crippen LogP contribution in [0.25, 0.3) is 0 Å². The van der Waals surface area contributed by atoms with Crippen LogP contribution in [0.2, 0.25) is 0 Å². The van der Waals surface area contributed by atoms with Crippen LogP contribution in [-0.4, -0.2) is 42.5 Å². The molecule has 1 N–H and O–H groups in total. The number of nitrogens with zero attached hydrogens (tertiary/aromatic N) is 2. The van der Waals surface area contributed by atoms with Gasteiger partial charge >= 0.3 is 0 Å². The number of thiazole rings is 1. The van der Waals surface area contributed by atoms with Crippen molar-refractivity contribution in [2.24, 2.45) is 5.92 Å². The molecular weight excluding hydrogens is 398 g/mol. The Morgan fingerprint density at radius 1 is 1.25 bits per heavy atom. The molecule has 0 bridgehead atoms. The Bertz CT molecular complexity index is 997. The minimum absolute atomic E-state index is 0.0999. The van der Waals surface area contributed by atoms with Crippen molar-refractivity contribution in [3.63, 3.8) is 0 Å². The van der Waals surface area contributed by atoms with Crippen molar-refractivity contribution >= 4 is 38.2 Å². The molecule has 7 nitrogen and oxygen atoms in total. The molecule has 1 aromatic heterocycles. The number of ketones is 1. The zero-order chi connectivity index (χ0) is 20.5. The number of hydrogen-bond acceptors (Lipinski definition) is 6. The van der Waals surface area contributed by atoms with E-state index in [2.05, 4.69) is 10.3 Å². The highest BCUT2D eigenvalue weighted by molar-refractivity contribution is 7.89. The molecule has 0 aliphatic carbocycles. The molecule has 1 aliphatic heterocycles. The maximum atomic E-state index is 12.8. The highest BCUT2D eigenvalue weighted by Gasteiger charge is 2.28. The lowest BCUT2D eigenvalue weighted by molar-refractivity contribution is 0.101. The molecule has 9 heteroatoms. The van der Waals surface area contributed by atoms with Crippen LogP contribution in [0.4, 0.5) is 5.13 Å². The van der Waals surface area contributed by atoms with Gasteiger partial charge in [0.25, 0.3) is 5.91 Å². The summed E-state index contributed by atoms with van der Waals surface area (Å²) in [5.74, 6) is -0.160. The fourth-order valence-electron chi connectivity index (χ4n) is 3.24. The number of rotatable bonds is 5. The summed E-state index contributed by atoms with van der Waals surface area (Å²) in [7, 11) is -3.55. The zero-order valence-electron chi connectivity index (χ0n) is 16.1. The molecule has 150 valence electrons. The Kier molecular flexibility index (Phi) is 5.97. The van der Waals surface area contributed by atoms with Gasteiger partial charge < -0.3 is 0 Å². The van der Waals surface area contributed by atoms with Crippen molar-refractivity contribution in [2.45, 2.75) is 38.5 Å². The van der Waals surface area contributed by atoms with Crippen LogP contribution >= 0.6 is 11.3 Å². The number of hydrogen-bond donors (Lipinski definition) is 1. The second-order valence-corrected chi connectivity index (χ2v) is 10.0. The monoisotopic (exact) mass is 421 g/mol. The lowest BCUT2D eigenvalue weighted by Crippen LogP contribution is -2.39. The van der Waals surface area contributed by atoms with E-state index in [1.54, 1.807) is 6.92 Å². The normalized spacial score (nSPS) is 18.0. The SMILES string of the molecule is CC(=O)c1sc(NC(=O)c2ccc(S(=O)(=O)N3CCCC(C)C3)cc2)nc1C. The molecule has 1 aromatic carbocycles. The van der Waals surface area contributed by atoms with Gasteiger partial charge in [-0.15, -0.1) is 0 Å². The molecule has 1 fully saturated rings. The number of amides is 1. The Labute approximate surface area is 168 Å². The molecule has 0 spiro atoms. The van der Waals surface area contributed by atoms with E-state index in [9.17, 15) is 18.0 Å². The summed E-state index contributed by atoms with van der Waals surface area (Å²) in [6.45, 7) is 6.26. The number of anilines is 1. The summed E-state index contributed by atoms with van der Waals surface area (Å²) < 4.78 is 27.1. The first-order chi connectivity index (χ1) is 13.2. The van der Waals surface area contributed by atoms with Crippen molar-refractivity contribution in [1.29, 1.82) is 0 Å². The summed E-state index contributed by atoms with van der Waals surface area (Å²) in [6.07, 6.45) is 1.89. The lowest BCUT2D eigenvalue weighted by atomic mass is 10.0. The standard InChI is InChI=1S/C19H23N3O4S2/c1-12-5-4-10-22(11-12)28(25,26)16-8-6-15(7-9-16)18(24)21-19-20-13(2)17(27-19)14(3)23/h6-9,12H,4-5,10-11H2,1-3H3,(H,20,21,24). The number of aryl methyl sites for hydroxylation is 1. The molecule has 0 radical (unpaired) electrons. The number of Topliss-reactive ketones (excluding diaryl/α,β-unsaturated/α-hetero) is 1. The summed E-state index contributed by atoms with van der Waals surface area (Å²) >= 11 is 1.12. The van der Waals surface area contributed by atoms with E-state index in [1.165, 1.54) is 35.5 Å². The molecule has 1 atom stereocenters. The largest absolute Gasteiger partial charge is 0.298 e. The Morgan fingerprint density at radius 3 is 2.50 bits per heavy atom. The summed E-state index contributed by atoms with van der Waals surface area (Å²) in [5.41, 5.74) is 0.896. The fraction of sp³-hybridized carbons (Fsp3) is 0.421. The van der Waals surface area contributed by atoms with Gasteiger partial charge in [0.05, 0.1) is 15.5 Å². The van der Waals surface area contributed by atoms with Gasteiger partial charge in [0, 0.05) is 25.6 Å². The quantitative estimate of drug-likeness (QED) is 0.747. The summed E-state index contributed by atoms with van der Waals surface area (Å²) in [6, 6.07) is 5.89. The average Bonchev–Trinajstić information content (AvgIpc) is 3.02. The molecule has 1 unspecified atom stereocenters. The van der Waals surface area contributed by atoms with Gasteiger partial charge in [0.15, 0.2) is 10.9 Å². The van der Waals surface area contributed by atoms with Gasteiger partial charge in [0.2, 0.25) is 10.0 Å². The van der Waals surface area contributed by atoms with E-state index >= 15 is 0 Å². The minimum atomic E-state index is -3.55. The highest BCUT2D eigenvalue weighted by Crippen LogP contribution is 2.25. The Hall–Kier alpha value is -2.10. The molecule has 1 amide bonds. The smallest absolute Gasteiger partial charge is 0.257 e. The van der Waals surface area contributed by atoms with Gasteiger partial charge in [-0.05, 0) is 49.9 Å². The number of sulfonamides is 1. The molecule has 0 saturated carbocycles. The van der Waals surface area contributed by atoms with Crippen LogP contribution in [0, 0.1) is 12.8 Å². The van der Waals surface area contributed by atoms with E-state index in [4.69, 9.17) is 0 Å². The van der Waals surface area contributed by atoms with E-state index in [0.717, 1.165) is 24.2 Å². The number of benzene rings is 1. The first-order valence-electron chi connectivity index (χ1n) is 9.08. The van der Waals surface area contributed by atoms with Gasteiger partial charge in [-0.2, -0.15) is 4.31 Å². The third-order valence-corrected chi connectivity index (χ3v) is 7.76. The van der Waals surface area contributed by atoms with Crippen molar-refractivity contribution < 1.29 is 18.0 Å². The first kappa shape index (κ1) is 20.6. The van der Waals surface area contributed by atoms with Crippen molar-refractivity contribution in [1.82, 2.24) is 9.29 Å². The van der Waals surface area contributed by atoms with Crippen molar-refractivity contribution in [2.75, 3.05) is 18.4 Å². The summed E-state index contributed by atoms with van der Waals surface area (Å²) in [4.78, 5) is 28.8. The predicted octanol–water partition coefficient (Wildman–Crippen LogP) is 3.33. The van der Waals surface area contributed by atoms with Crippen LogP contribution in [0.3, 0.4) is 0 Å². The molecule has 2 heterocycles. The Balaban J connectivity index is 1.74. The van der Waals surface area contributed by atoms with E-state index in [-0.39, 0.29) is 10.7 Å². The van der Waals surface area contributed by atoms with Gasteiger partial charge in [-0.1, -0.05) is 18.3 Å². The maximum absolute atomic E-state index is 12.8. The number of piperidine rings is 1. The first-order valence-corrected chi connectivity index (χ1v) is 11.3. The van der Waals surface area contributed by atoms with Gasteiger partial charge in [-0.25, -0.2) is 13.4 Å². The highest BCUT2D eigenvalue weighted by atomic mass is 32.2. The summed E-state index contributed by atoms with van der Waals surface area (Å²) in [5, 5.41) is 3.00. The third kappa shape index (κ3) is 4.31. The van der Waals surface area contributed by atoms with Crippen molar-refractivity contribution in [3.8, 4) is 0 Å². The maximum Gasteiger partial charge on any atom is 0.257 e. The third-order valence-electron chi connectivity index (χ3n) is 4.71. The van der Waals surface area contributed by atoms with Crippen LogP contribution in [0.1, 0.15) is 52.4 Å². The zero-order valence-corrected chi connectivity index (χ0v) is 17.7. The second kappa shape index (κ2) is 8.10. The molecular formula is C19H23N3O4S2. The van der Waals surface area contributed by atoms with E-state index < -0.39 is 15.9 Å². The van der Waals surface area contributed by atoms with Crippen LogP contribution in [0.15, 0.2) is 29.2 Å². The fourth-order valence-corrected chi connectivity index (χ4v) is 5.69. The van der Waals surface area contributed by atoms with E-state index in [1.807, 2.05) is 6.92 Å². The predicted molar refractivity (Wildman–Crippen MR) is 108 cm³/mol. The van der Waals surface area contributed by atoms with Crippen molar-refractivity contribution in [3.05, 3.63) is 40.4 Å². The molecule has 3 rings (SSSR count). The molecule has 1 aliphatic rings. The van der Waals surface area contributed by atoms with Crippen LogP contribution in [-0.2, 0) is 10.0 Å². The van der Waals surface area contributed by atoms with Crippen LogP contribution in [0.5, 0.6) is 0 Å². The minimum Gasteiger partial charge on any atom is -0.298 e. The average molecular weight is 422 g/mol. The molecule has 1 saturated heterocycles.